The molecule has 3 nitrogen and oxygen atoms in total. The fourth-order valence-corrected chi connectivity index (χ4v) is 2.97. The van der Waals surface area contributed by atoms with Gasteiger partial charge in [-0.15, -0.1) is 0 Å². The van der Waals surface area contributed by atoms with E-state index in [4.69, 9.17) is 9.05 Å². The number of hydrogen-bond donors (Lipinski definition) is 0. The van der Waals surface area contributed by atoms with Crippen LogP contribution in [0.2, 0.25) is 0 Å². The van der Waals surface area contributed by atoms with Gasteiger partial charge < -0.3 is 9.05 Å². The first kappa shape index (κ1) is 15.7. The summed E-state index contributed by atoms with van der Waals surface area (Å²) in [6.07, 6.45) is 0. The van der Waals surface area contributed by atoms with Gasteiger partial charge in [-0.25, -0.2) is 4.57 Å². The summed E-state index contributed by atoms with van der Waals surface area (Å²) >= 11 is 0. The Kier molecular flexibility index (Phi) is 4.43. The van der Waals surface area contributed by atoms with Gasteiger partial charge in [0, 0.05) is 0 Å². The normalized spacial score (nSPS) is 11.3. The molecule has 0 heterocycles. The molecule has 21 heavy (non-hydrogen) atoms. The van der Waals surface area contributed by atoms with Gasteiger partial charge in [0.05, 0.1) is 6.66 Å². The fraction of sp³-hybridized carbons (Fsp3) is 0.294. The van der Waals surface area contributed by atoms with Crippen LogP contribution >= 0.6 is 7.60 Å². The third kappa shape index (κ3) is 4.12. The number of rotatable bonds is 4. The molecule has 2 aromatic rings. The van der Waals surface area contributed by atoms with Crippen molar-refractivity contribution in [1.82, 2.24) is 0 Å². The topological polar surface area (TPSA) is 35.5 Å². The van der Waals surface area contributed by atoms with E-state index in [1.165, 1.54) is 17.8 Å². The number of aryl methyl sites for hydroxylation is 4. The van der Waals surface area contributed by atoms with E-state index in [1.807, 2.05) is 64.1 Å². The maximum absolute atomic E-state index is 12.5. The molecule has 0 saturated carbocycles. The molecule has 0 aromatic heterocycles. The van der Waals surface area contributed by atoms with Crippen LogP contribution in [0, 0.1) is 27.7 Å². The minimum atomic E-state index is -3.21. The van der Waals surface area contributed by atoms with Crippen LogP contribution in [0.4, 0.5) is 0 Å². The van der Waals surface area contributed by atoms with E-state index >= 15 is 0 Å². The molecule has 0 atom stereocenters. The number of hydrogen-bond acceptors (Lipinski definition) is 3. The molecule has 0 bridgehead atoms. The highest BCUT2D eigenvalue weighted by molar-refractivity contribution is 7.53. The molecule has 0 unspecified atom stereocenters. The summed E-state index contributed by atoms with van der Waals surface area (Å²) in [7, 11) is -3.21. The van der Waals surface area contributed by atoms with Crippen molar-refractivity contribution in [3.05, 3.63) is 58.7 Å². The maximum atomic E-state index is 12.5. The molecule has 0 aliphatic carbocycles. The van der Waals surface area contributed by atoms with Crippen LogP contribution in [0.25, 0.3) is 0 Å². The molecule has 0 fully saturated rings. The second kappa shape index (κ2) is 5.95. The van der Waals surface area contributed by atoms with Crippen LogP contribution in [-0.2, 0) is 4.57 Å². The second-order valence-corrected chi connectivity index (χ2v) is 7.35. The fourth-order valence-electron chi connectivity index (χ4n) is 1.94. The molecule has 112 valence electrons. The summed E-state index contributed by atoms with van der Waals surface area (Å²) in [4.78, 5) is 0. The molecular formula is C17H21O3P. The SMILES string of the molecule is Cc1ccc(OP(C)(=O)Oc2ccc(C)c(C)c2)cc1C. The second-order valence-electron chi connectivity index (χ2n) is 5.45. The van der Waals surface area contributed by atoms with Gasteiger partial charge in [0.15, 0.2) is 0 Å². The van der Waals surface area contributed by atoms with Crippen LogP contribution in [0.1, 0.15) is 22.3 Å². The predicted molar refractivity (Wildman–Crippen MR) is 86.6 cm³/mol. The highest BCUT2D eigenvalue weighted by Crippen LogP contribution is 2.45. The van der Waals surface area contributed by atoms with Gasteiger partial charge in [-0.3, -0.25) is 0 Å². The van der Waals surface area contributed by atoms with Crippen molar-refractivity contribution in [3.63, 3.8) is 0 Å². The first-order valence-corrected chi connectivity index (χ1v) is 8.87. The molecule has 2 rings (SSSR count). The lowest BCUT2D eigenvalue weighted by atomic mass is 10.1. The lowest BCUT2D eigenvalue weighted by Crippen LogP contribution is -2.00. The van der Waals surface area contributed by atoms with Crippen LogP contribution in [0.15, 0.2) is 36.4 Å². The van der Waals surface area contributed by atoms with Crippen molar-refractivity contribution in [1.29, 1.82) is 0 Å². The highest BCUT2D eigenvalue weighted by Gasteiger charge is 2.21. The summed E-state index contributed by atoms with van der Waals surface area (Å²) in [6, 6.07) is 11.2. The zero-order valence-corrected chi connectivity index (χ0v) is 14.0. The molecule has 0 aliphatic heterocycles. The maximum Gasteiger partial charge on any atom is 0.427 e. The predicted octanol–water partition coefficient (Wildman–Crippen LogP) is 5.20. The summed E-state index contributed by atoms with van der Waals surface area (Å²) in [5, 5.41) is 0. The van der Waals surface area contributed by atoms with Crippen molar-refractivity contribution < 1.29 is 13.6 Å². The molecule has 0 N–H and O–H groups in total. The van der Waals surface area contributed by atoms with Crippen molar-refractivity contribution in [2.45, 2.75) is 27.7 Å². The molecule has 0 aliphatic rings. The average molecular weight is 304 g/mol. The summed E-state index contributed by atoms with van der Waals surface area (Å²) in [5.41, 5.74) is 4.53. The summed E-state index contributed by atoms with van der Waals surface area (Å²) < 4.78 is 23.6. The molecule has 0 amide bonds. The Bertz CT molecular complexity index is 650. The van der Waals surface area contributed by atoms with E-state index in [-0.39, 0.29) is 0 Å². The molecule has 0 spiro atoms. The summed E-state index contributed by atoms with van der Waals surface area (Å²) in [6.45, 7) is 9.52. The van der Waals surface area contributed by atoms with Gasteiger partial charge >= 0.3 is 7.60 Å². The zero-order valence-electron chi connectivity index (χ0n) is 13.1. The van der Waals surface area contributed by atoms with Crippen molar-refractivity contribution in [2.75, 3.05) is 6.66 Å². The Hall–Kier alpha value is -1.73. The Morgan fingerprint density at radius 2 is 1.10 bits per heavy atom. The molecule has 2 aromatic carbocycles. The molecule has 0 radical (unpaired) electrons. The van der Waals surface area contributed by atoms with Gasteiger partial charge in [-0.05, 0) is 74.2 Å². The average Bonchev–Trinajstić information content (AvgIpc) is 2.37. The van der Waals surface area contributed by atoms with E-state index in [0.717, 1.165) is 11.1 Å². The Labute approximate surface area is 126 Å². The van der Waals surface area contributed by atoms with E-state index in [0.29, 0.717) is 11.5 Å². The third-order valence-electron chi connectivity index (χ3n) is 3.50. The monoisotopic (exact) mass is 304 g/mol. The van der Waals surface area contributed by atoms with Crippen molar-refractivity contribution >= 4 is 7.60 Å². The van der Waals surface area contributed by atoms with Gasteiger partial charge in [-0.1, -0.05) is 12.1 Å². The van der Waals surface area contributed by atoms with E-state index in [9.17, 15) is 4.57 Å². The Morgan fingerprint density at radius 3 is 1.43 bits per heavy atom. The van der Waals surface area contributed by atoms with Crippen molar-refractivity contribution in [2.24, 2.45) is 0 Å². The lowest BCUT2D eigenvalue weighted by Gasteiger charge is -2.17. The van der Waals surface area contributed by atoms with Gasteiger partial charge in [-0.2, -0.15) is 0 Å². The Balaban J connectivity index is 2.15. The first-order chi connectivity index (χ1) is 9.77. The van der Waals surface area contributed by atoms with Crippen LogP contribution in [0.3, 0.4) is 0 Å². The first-order valence-electron chi connectivity index (χ1n) is 6.88. The van der Waals surface area contributed by atoms with E-state index in [2.05, 4.69) is 0 Å². The molecule has 0 saturated heterocycles. The quantitative estimate of drug-likeness (QED) is 0.728. The van der Waals surface area contributed by atoms with E-state index < -0.39 is 7.60 Å². The van der Waals surface area contributed by atoms with E-state index in [1.54, 1.807) is 0 Å². The highest BCUT2D eigenvalue weighted by atomic mass is 31.2. The summed E-state index contributed by atoms with van der Waals surface area (Å²) in [5.74, 6) is 1.13. The standard InChI is InChI=1S/C17H21O3P/c1-12-6-8-16(10-14(12)3)19-21(5,18)20-17-9-7-13(2)15(4)11-17/h6-11H,1-5H3. The van der Waals surface area contributed by atoms with Gasteiger partial charge in [0.25, 0.3) is 0 Å². The molecule has 4 heteroatoms. The zero-order chi connectivity index (χ0) is 15.6. The lowest BCUT2D eigenvalue weighted by molar-refractivity contribution is 0.393. The third-order valence-corrected chi connectivity index (χ3v) is 4.58. The number of benzene rings is 2. The van der Waals surface area contributed by atoms with Gasteiger partial charge in [0.2, 0.25) is 0 Å². The minimum Gasteiger partial charge on any atom is -0.416 e. The molecular weight excluding hydrogens is 283 g/mol. The largest absolute Gasteiger partial charge is 0.427 e. The van der Waals surface area contributed by atoms with Crippen LogP contribution < -0.4 is 9.05 Å². The smallest absolute Gasteiger partial charge is 0.416 e. The van der Waals surface area contributed by atoms with Gasteiger partial charge in [0.1, 0.15) is 11.5 Å². The van der Waals surface area contributed by atoms with Crippen LogP contribution in [0.5, 0.6) is 11.5 Å². The van der Waals surface area contributed by atoms with Crippen LogP contribution in [-0.4, -0.2) is 6.66 Å². The Morgan fingerprint density at radius 1 is 0.714 bits per heavy atom. The van der Waals surface area contributed by atoms with Crippen molar-refractivity contribution in [3.8, 4) is 11.5 Å². The minimum absolute atomic E-state index is 0.563.